The van der Waals surface area contributed by atoms with Gasteiger partial charge in [0.2, 0.25) is 17.1 Å². The van der Waals surface area contributed by atoms with Gasteiger partial charge >= 0.3 is 12.7 Å². The fraction of sp³-hybridized carbons (Fsp3) is 0.419. The Morgan fingerprint density at radius 3 is 2.55 bits per heavy atom. The predicted octanol–water partition coefficient (Wildman–Crippen LogP) is 1.17. The van der Waals surface area contributed by atoms with Crippen LogP contribution in [0.25, 0.3) is 22.3 Å². The summed E-state index contributed by atoms with van der Waals surface area (Å²) in [6.45, 7) is -1.94. The maximum Gasteiger partial charge on any atom is 0.338 e. The lowest BCUT2D eigenvalue weighted by atomic mass is 10.1. The quantitative estimate of drug-likeness (QED) is 0.0585. The van der Waals surface area contributed by atoms with Crippen molar-refractivity contribution in [2.24, 2.45) is 5.92 Å². The van der Waals surface area contributed by atoms with E-state index in [0.717, 1.165) is 0 Å². The van der Waals surface area contributed by atoms with E-state index in [-0.39, 0.29) is 51.4 Å². The van der Waals surface area contributed by atoms with Gasteiger partial charge < -0.3 is 44.1 Å². The number of H-pyrrole nitrogens is 1. The third-order valence-corrected chi connectivity index (χ3v) is 10.6. The largest absolute Gasteiger partial charge is 0.453 e. The van der Waals surface area contributed by atoms with E-state index in [1.165, 1.54) is 33.9 Å². The summed E-state index contributed by atoms with van der Waals surface area (Å²) in [5.41, 5.74) is 5.77. The van der Waals surface area contributed by atoms with Crippen LogP contribution in [-0.2, 0) is 39.9 Å². The number of aromatic nitrogens is 8. The van der Waals surface area contributed by atoms with Gasteiger partial charge in [-0.25, -0.2) is 14.8 Å². The van der Waals surface area contributed by atoms with Crippen LogP contribution in [0.3, 0.4) is 0 Å². The van der Waals surface area contributed by atoms with Gasteiger partial charge in [-0.2, -0.15) is 15.0 Å². The monoisotopic (exact) mass is 820 g/mol. The Morgan fingerprint density at radius 2 is 1.82 bits per heavy atom. The number of nitrogens with one attached hydrogen (secondary N) is 2. The maximum absolute atomic E-state index is 13.2. The van der Waals surface area contributed by atoms with Crippen LogP contribution in [0, 0.1) is 5.92 Å². The number of hydrogen-bond donors (Lipinski definition) is 6. The molecule has 7 rings (SSSR count). The number of fused-ring (bicyclic) bond motifs is 2. The van der Waals surface area contributed by atoms with Crippen LogP contribution < -0.4 is 16.6 Å². The van der Waals surface area contributed by atoms with Crippen molar-refractivity contribution < 1.29 is 48.0 Å². The molecule has 0 spiro atoms. The van der Waals surface area contributed by atoms with Crippen molar-refractivity contribution in [1.29, 1.82) is 0 Å². The summed E-state index contributed by atoms with van der Waals surface area (Å²) in [4.78, 5) is 72.8. The summed E-state index contributed by atoms with van der Waals surface area (Å²) in [6.07, 6.45) is -5.78. The number of aliphatic hydroxyl groups excluding tert-OH is 2. The van der Waals surface area contributed by atoms with E-state index in [0.29, 0.717) is 0 Å². The molecule has 6 heterocycles. The van der Waals surface area contributed by atoms with E-state index in [2.05, 4.69) is 35.2 Å². The highest BCUT2D eigenvalue weighted by molar-refractivity contribution is 8.07. The Kier molecular flexibility index (Phi) is 11.0. The molecule has 2 aliphatic heterocycles. The summed E-state index contributed by atoms with van der Waals surface area (Å²) >= 11 is 11.3. The van der Waals surface area contributed by atoms with Gasteiger partial charge in [0, 0.05) is 12.3 Å². The minimum absolute atomic E-state index is 0.0535. The molecule has 5 aromatic rings. The second-order valence-electron chi connectivity index (χ2n) is 12.8. The molecule has 4 unspecified atom stereocenters. The van der Waals surface area contributed by atoms with E-state index in [1.807, 2.05) is 0 Å². The van der Waals surface area contributed by atoms with E-state index in [1.54, 1.807) is 32.0 Å². The van der Waals surface area contributed by atoms with Crippen LogP contribution in [-0.4, -0.2) is 110 Å². The van der Waals surface area contributed by atoms with Crippen LogP contribution in [0.15, 0.2) is 47.8 Å². The Morgan fingerprint density at radius 1 is 1.11 bits per heavy atom. The molecule has 55 heavy (non-hydrogen) atoms. The van der Waals surface area contributed by atoms with Crippen LogP contribution in [0.4, 0.5) is 11.8 Å². The van der Waals surface area contributed by atoms with Gasteiger partial charge in [0.15, 0.2) is 35.0 Å². The molecule has 7 N–H and O–H groups in total. The highest BCUT2D eigenvalue weighted by Crippen LogP contribution is 2.50. The molecular weight excluding hydrogens is 787 g/mol. The van der Waals surface area contributed by atoms with Crippen LogP contribution in [0.5, 0.6) is 0 Å². The van der Waals surface area contributed by atoms with Crippen LogP contribution in [0.1, 0.15) is 43.1 Å². The number of nitrogen functional groups attached to an aromatic ring is 1. The molecule has 2 saturated heterocycles. The number of carbonyl (C=O) groups excluding carboxylic acids is 2. The average Bonchev–Trinajstić information content (AvgIpc) is 3.92. The highest BCUT2D eigenvalue weighted by atomic mass is 35.5. The molecule has 2 aliphatic rings. The first-order valence-corrected chi connectivity index (χ1v) is 19.6. The Hall–Kier alpha value is -4.48. The minimum atomic E-state index is -4.17. The second-order valence-corrected chi connectivity index (χ2v) is 16.0. The number of imidazole rings is 2. The summed E-state index contributed by atoms with van der Waals surface area (Å²) in [5.74, 6) is -1.76. The first-order valence-electron chi connectivity index (χ1n) is 16.7. The Labute approximate surface area is 320 Å². The summed E-state index contributed by atoms with van der Waals surface area (Å²) in [5, 5.41) is 24.1. The molecular formula is C31H34ClN10O11PS. The number of nitrogens with zero attached hydrogens (tertiary/aromatic N) is 7. The molecule has 24 heteroatoms. The maximum atomic E-state index is 13.2. The fourth-order valence-corrected chi connectivity index (χ4v) is 7.71. The number of benzene rings is 1. The lowest BCUT2D eigenvalue weighted by molar-refractivity contribution is -0.118. The number of amides is 1. The highest BCUT2D eigenvalue weighted by Gasteiger charge is 2.49. The SMILES string of the molecule is CC(C)C(=O)Nc1nc2c(ncn2[C@@H]2O[C@H](COP(O)(=S)OC3C[C@H](n4cnc5c(N)nc(Cl)nc54)O[C@@H]3CO)C(OC(=O)c3ccccc3)C2O)c(=O)[nH]1. The lowest BCUT2D eigenvalue weighted by Gasteiger charge is -2.25. The van der Waals surface area contributed by atoms with E-state index in [4.69, 9.17) is 52.4 Å². The number of hydrogen-bond acceptors (Lipinski definition) is 17. The zero-order valence-electron chi connectivity index (χ0n) is 28.8. The molecule has 0 radical (unpaired) electrons. The smallest absolute Gasteiger partial charge is 0.338 e. The molecule has 1 amide bonds. The summed E-state index contributed by atoms with van der Waals surface area (Å²) in [6, 6.07) is 7.99. The number of ether oxygens (including phenoxy) is 3. The molecule has 292 valence electrons. The van der Waals surface area contributed by atoms with E-state index >= 15 is 0 Å². The van der Waals surface area contributed by atoms with Gasteiger partial charge in [0.25, 0.3) is 5.56 Å². The number of carbonyl (C=O) groups is 2. The van der Waals surface area contributed by atoms with E-state index < -0.39 is 86.3 Å². The first kappa shape index (κ1) is 38.8. The fourth-order valence-electron chi connectivity index (χ4n) is 6.06. The van der Waals surface area contributed by atoms with Gasteiger partial charge in [-0.3, -0.25) is 29.0 Å². The number of nitrogens with two attached hydrogens (primary N) is 1. The van der Waals surface area contributed by atoms with Gasteiger partial charge in [-0.05, 0) is 35.5 Å². The van der Waals surface area contributed by atoms with Gasteiger partial charge in [-0.15, -0.1) is 0 Å². The number of halogens is 1. The lowest BCUT2D eigenvalue weighted by Crippen LogP contribution is -2.38. The number of aliphatic hydroxyl groups is 2. The summed E-state index contributed by atoms with van der Waals surface area (Å²) in [7, 11) is 0. The van der Waals surface area contributed by atoms with Crippen molar-refractivity contribution in [1.82, 2.24) is 39.0 Å². The van der Waals surface area contributed by atoms with Gasteiger partial charge in [0.05, 0.1) is 37.5 Å². The first-order chi connectivity index (χ1) is 26.2. The number of anilines is 2. The molecule has 4 aromatic heterocycles. The zero-order valence-corrected chi connectivity index (χ0v) is 31.3. The normalized spacial score (nSPS) is 25.1. The molecule has 1 aromatic carbocycles. The average molecular weight is 821 g/mol. The number of rotatable bonds is 12. The van der Waals surface area contributed by atoms with Crippen molar-refractivity contribution in [3.8, 4) is 0 Å². The van der Waals surface area contributed by atoms with Crippen molar-refractivity contribution in [2.75, 3.05) is 24.3 Å². The van der Waals surface area contributed by atoms with Crippen molar-refractivity contribution in [2.45, 2.75) is 63.2 Å². The second kappa shape index (κ2) is 15.6. The Balaban J connectivity index is 1.11. The number of esters is 1. The van der Waals surface area contributed by atoms with Crippen molar-refractivity contribution >= 4 is 76.1 Å². The van der Waals surface area contributed by atoms with Crippen LogP contribution >= 0.6 is 18.3 Å². The molecule has 0 bridgehead atoms. The number of aromatic amines is 1. The Bertz CT molecular complexity index is 2350. The van der Waals surface area contributed by atoms with Crippen molar-refractivity contribution in [3.05, 3.63) is 64.2 Å². The summed E-state index contributed by atoms with van der Waals surface area (Å²) < 4.78 is 32.1. The third-order valence-electron chi connectivity index (χ3n) is 8.80. The topological polar surface area (TPSA) is 286 Å². The third kappa shape index (κ3) is 7.96. The van der Waals surface area contributed by atoms with Crippen molar-refractivity contribution in [3.63, 3.8) is 0 Å². The molecule has 0 saturated carbocycles. The predicted molar refractivity (Wildman–Crippen MR) is 195 cm³/mol. The van der Waals surface area contributed by atoms with Gasteiger partial charge in [0.1, 0.15) is 30.1 Å². The zero-order chi connectivity index (χ0) is 39.2. The molecule has 21 nitrogen and oxygen atoms in total. The molecule has 2 fully saturated rings. The van der Waals surface area contributed by atoms with Gasteiger partial charge in [-0.1, -0.05) is 32.0 Å². The standard InChI is InChI=1S/C31H34ClN10O11PS/c1-13(2)26(45)39-31-38-25-20(27(46)40-31)35-12-42(25)28-21(44)22(52-29(47)14-6-4-3-5-7-14)17(51-28)10-49-54(48,55)53-15-8-18(50-16(15)9-43)41-11-34-19-23(33)36-30(32)37-24(19)41/h3-7,11-13,15-18,21-22,28,43-44H,8-10H2,1-2H3,(H,48,55)(H2,33,36,37)(H2,38,39,40,45,46)/t15?,16-,17-,18-,21?,22?,28-,54?/m1/s1. The van der Waals surface area contributed by atoms with Crippen LogP contribution in [0.2, 0.25) is 5.28 Å². The molecule has 0 aliphatic carbocycles. The molecule has 8 atom stereocenters. The van der Waals surface area contributed by atoms with E-state index in [9.17, 15) is 29.5 Å². The minimum Gasteiger partial charge on any atom is -0.453 e.